The fraction of sp³-hybridized carbons (Fsp3) is 0.350. The molecule has 0 amide bonds. The number of aromatic amines is 1. The zero-order valence-electron chi connectivity index (χ0n) is 14.3. The Morgan fingerprint density at radius 2 is 2.08 bits per heavy atom. The zero-order valence-corrected chi connectivity index (χ0v) is 15.2. The highest BCUT2D eigenvalue weighted by atomic mass is 32.1. The number of likely N-dealkylation sites (tertiary alicyclic amines) is 1. The SMILES string of the molecule is Cc1ccc(CN2CCC(c3[nH]ncc3-c3cccc(F)c3)CC2)s1. The third-order valence-corrected chi connectivity index (χ3v) is 5.96. The van der Waals surface area contributed by atoms with Gasteiger partial charge in [0.25, 0.3) is 0 Å². The molecule has 0 unspecified atom stereocenters. The third-order valence-electron chi connectivity index (χ3n) is 4.98. The van der Waals surface area contributed by atoms with Crippen LogP contribution in [0.3, 0.4) is 0 Å². The monoisotopic (exact) mass is 355 g/mol. The number of nitrogens with one attached hydrogen (secondary N) is 1. The highest BCUT2D eigenvalue weighted by Crippen LogP contribution is 2.34. The molecule has 130 valence electrons. The van der Waals surface area contributed by atoms with E-state index in [9.17, 15) is 4.39 Å². The summed E-state index contributed by atoms with van der Waals surface area (Å²) in [6, 6.07) is 11.2. The zero-order chi connectivity index (χ0) is 17.2. The van der Waals surface area contributed by atoms with Crippen LogP contribution in [0.15, 0.2) is 42.6 Å². The van der Waals surface area contributed by atoms with Gasteiger partial charge in [-0.05, 0) is 62.7 Å². The third kappa shape index (κ3) is 3.67. The number of thiophene rings is 1. The maximum atomic E-state index is 13.6. The van der Waals surface area contributed by atoms with Crippen molar-refractivity contribution in [2.24, 2.45) is 0 Å². The fourth-order valence-corrected chi connectivity index (χ4v) is 4.60. The number of halogens is 1. The lowest BCUT2D eigenvalue weighted by atomic mass is 9.89. The van der Waals surface area contributed by atoms with Crippen LogP contribution >= 0.6 is 11.3 Å². The summed E-state index contributed by atoms with van der Waals surface area (Å²) in [7, 11) is 0. The van der Waals surface area contributed by atoms with Crippen LogP contribution in [0.4, 0.5) is 4.39 Å². The first-order valence-electron chi connectivity index (χ1n) is 8.76. The van der Waals surface area contributed by atoms with Gasteiger partial charge in [0.1, 0.15) is 5.82 Å². The number of benzene rings is 1. The molecule has 0 saturated carbocycles. The Balaban J connectivity index is 1.44. The van der Waals surface area contributed by atoms with Gasteiger partial charge in [-0.1, -0.05) is 12.1 Å². The Kier molecular flexibility index (Phi) is 4.68. The number of hydrogen-bond donors (Lipinski definition) is 1. The molecule has 3 aromatic rings. The molecule has 25 heavy (non-hydrogen) atoms. The molecule has 1 N–H and O–H groups in total. The lowest BCUT2D eigenvalue weighted by Gasteiger charge is -2.31. The van der Waals surface area contributed by atoms with E-state index in [4.69, 9.17) is 0 Å². The molecule has 1 fully saturated rings. The second-order valence-electron chi connectivity index (χ2n) is 6.77. The number of piperidine rings is 1. The van der Waals surface area contributed by atoms with Crippen molar-refractivity contribution < 1.29 is 4.39 Å². The van der Waals surface area contributed by atoms with Crippen LogP contribution in [-0.2, 0) is 6.54 Å². The highest BCUT2D eigenvalue weighted by molar-refractivity contribution is 7.11. The van der Waals surface area contributed by atoms with Crippen LogP contribution in [0.2, 0.25) is 0 Å². The first kappa shape index (κ1) is 16.5. The largest absolute Gasteiger partial charge is 0.298 e. The molecule has 3 heterocycles. The van der Waals surface area contributed by atoms with E-state index < -0.39 is 0 Å². The minimum Gasteiger partial charge on any atom is -0.298 e. The summed E-state index contributed by atoms with van der Waals surface area (Å²) in [5, 5.41) is 7.41. The summed E-state index contributed by atoms with van der Waals surface area (Å²) in [6.45, 7) is 5.38. The summed E-state index contributed by atoms with van der Waals surface area (Å²) in [4.78, 5) is 5.35. The summed E-state index contributed by atoms with van der Waals surface area (Å²) < 4.78 is 13.6. The lowest BCUT2D eigenvalue weighted by molar-refractivity contribution is 0.205. The predicted octanol–water partition coefficient (Wildman–Crippen LogP) is 4.97. The van der Waals surface area contributed by atoms with Gasteiger partial charge in [0.15, 0.2) is 0 Å². The van der Waals surface area contributed by atoms with E-state index in [1.165, 1.54) is 15.8 Å². The first-order chi connectivity index (χ1) is 12.2. The second-order valence-corrected chi connectivity index (χ2v) is 8.14. The van der Waals surface area contributed by atoms with Gasteiger partial charge in [0.05, 0.1) is 6.20 Å². The van der Waals surface area contributed by atoms with E-state index in [-0.39, 0.29) is 5.82 Å². The van der Waals surface area contributed by atoms with Crippen molar-refractivity contribution in [1.29, 1.82) is 0 Å². The van der Waals surface area contributed by atoms with Gasteiger partial charge < -0.3 is 0 Å². The molecule has 1 aliphatic heterocycles. The van der Waals surface area contributed by atoms with Crippen molar-refractivity contribution in [3.8, 4) is 11.1 Å². The van der Waals surface area contributed by atoms with E-state index in [1.54, 1.807) is 12.1 Å². The van der Waals surface area contributed by atoms with Crippen molar-refractivity contribution >= 4 is 11.3 Å². The summed E-state index contributed by atoms with van der Waals surface area (Å²) in [5.74, 6) is 0.257. The predicted molar refractivity (Wildman–Crippen MR) is 100 cm³/mol. The van der Waals surface area contributed by atoms with Gasteiger partial charge in [-0.2, -0.15) is 5.10 Å². The van der Waals surface area contributed by atoms with E-state index in [2.05, 4.69) is 34.2 Å². The number of rotatable bonds is 4. The average molecular weight is 355 g/mol. The van der Waals surface area contributed by atoms with Gasteiger partial charge in [-0.25, -0.2) is 4.39 Å². The molecule has 0 aliphatic carbocycles. The van der Waals surface area contributed by atoms with E-state index in [0.717, 1.165) is 49.3 Å². The molecule has 1 aliphatic rings. The van der Waals surface area contributed by atoms with Crippen molar-refractivity contribution in [1.82, 2.24) is 15.1 Å². The maximum Gasteiger partial charge on any atom is 0.123 e. The number of aryl methyl sites for hydroxylation is 1. The smallest absolute Gasteiger partial charge is 0.123 e. The van der Waals surface area contributed by atoms with Crippen LogP contribution in [0, 0.1) is 12.7 Å². The molecule has 1 saturated heterocycles. The molecule has 5 heteroatoms. The molecule has 0 radical (unpaired) electrons. The minimum atomic E-state index is -0.203. The number of aromatic nitrogens is 2. The van der Waals surface area contributed by atoms with Gasteiger partial charge in [-0.15, -0.1) is 11.3 Å². The van der Waals surface area contributed by atoms with E-state index in [0.29, 0.717) is 5.92 Å². The first-order valence-corrected chi connectivity index (χ1v) is 9.57. The van der Waals surface area contributed by atoms with Crippen molar-refractivity contribution in [3.63, 3.8) is 0 Å². The highest BCUT2D eigenvalue weighted by Gasteiger charge is 2.24. The Morgan fingerprint density at radius 1 is 1.24 bits per heavy atom. The summed E-state index contributed by atoms with van der Waals surface area (Å²) >= 11 is 1.89. The molecule has 0 bridgehead atoms. The Morgan fingerprint density at radius 3 is 2.80 bits per heavy atom. The van der Waals surface area contributed by atoms with Crippen LogP contribution in [0.1, 0.15) is 34.2 Å². The van der Waals surface area contributed by atoms with Crippen LogP contribution < -0.4 is 0 Å². The van der Waals surface area contributed by atoms with E-state index in [1.807, 2.05) is 23.6 Å². The summed E-state index contributed by atoms with van der Waals surface area (Å²) in [5.41, 5.74) is 3.09. The molecule has 3 nitrogen and oxygen atoms in total. The van der Waals surface area contributed by atoms with Gasteiger partial charge in [0, 0.05) is 33.5 Å². The van der Waals surface area contributed by atoms with Crippen LogP contribution in [0.5, 0.6) is 0 Å². The summed E-state index contributed by atoms with van der Waals surface area (Å²) in [6.07, 6.45) is 4.04. The Bertz CT molecular complexity index is 846. The van der Waals surface area contributed by atoms with Crippen LogP contribution in [-0.4, -0.2) is 28.2 Å². The maximum absolute atomic E-state index is 13.6. The van der Waals surface area contributed by atoms with Crippen LogP contribution in [0.25, 0.3) is 11.1 Å². The van der Waals surface area contributed by atoms with Crippen molar-refractivity contribution in [2.75, 3.05) is 13.1 Å². The molecule has 0 atom stereocenters. The number of nitrogens with zero attached hydrogens (tertiary/aromatic N) is 2. The van der Waals surface area contributed by atoms with Gasteiger partial charge in [-0.3, -0.25) is 10.00 Å². The van der Waals surface area contributed by atoms with Crippen molar-refractivity contribution in [2.45, 2.75) is 32.2 Å². The quantitative estimate of drug-likeness (QED) is 0.717. The molecule has 2 aromatic heterocycles. The topological polar surface area (TPSA) is 31.9 Å². The number of hydrogen-bond acceptors (Lipinski definition) is 3. The molecular formula is C20H22FN3S. The standard InChI is InChI=1S/C20H22FN3S/c1-14-5-6-18(25-14)13-24-9-7-15(8-10-24)20-19(12-22-23-20)16-3-2-4-17(21)11-16/h2-6,11-12,15H,7-10,13H2,1H3,(H,22,23). The second kappa shape index (κ2) is 7.10. The number of H-pyrrole nitrogens is 1. The average Bonchev–Trinajstić information content (AvgIpc) is 3.25. The fourth-order valence-electron chi connectivity index (χ4n) is 3.66. The molecule has 4 rings (SSSR count). The van der Waals surface area contributed by atoms with Crippen molar-refractivity contribution in [3.05, 3.63) is 63.9 Å². The normalized spacial score (nSPS) is 16.4. The molecular weight excluding hydrogens is 333 g/mol. The van der Waals surface area contributed by atoms with E-state index >= 15 is 0 Å². The Labute approximate surface area is 151 Å². The van der Waals surface area contributed by atoms with Gasteiger partial charge in [0.2, 0.25) is 0 Å². The van der Waals surface area contributed by atoms with Gasteiger partial charge >= 0.3 is 0 Å². The minimum absolute atomic E-state index is 0.203. The molecule has 0 spiro atoms. The molecule has 1 aromatic carbocycles. The lowest BCUT2D eigenvalue weighted by Crippen LogP contribution is -2.32. The Hall–Kier alpha value is -1.98.